The quantitative estimate of drug-likeness (QED) is 0.319. The van der Waals surface area contributed by atoms with Crippen molar-refractivity contribution in [3.8, 4) is 0 Å². The lowest BCUT2D eigenvalue weighted by Gasteiger charge is -2.35. The summed E-state index contributed by atoms with van der Waals surface area (Å²) in [4.78, 5) is 15.4. The van der Waals surface area contributed by atoms with Crippen molar-refractivity contribution in [1.29, 1.82) is 0 Å². The Hall–Kier alpha value is -3.45. The van der Waals surface area contributed by atoms with E-state index in [1.807, 2.05) is 18.2 Å². The Labute approximate surface area is 234 Å². The molecule has 1 aliphatic carbocycles. The number of amides is 1. The van der Waals surface area contributed by atoms with Crippen LogP contribution in [0, 0.1) is 0 Å². The lowest BCUT2D eigenvalue weighted by atomic mass is 9.92. The molecule has 200 valence electrons. The summed E-state index contributed by atoms with van der Waals surface area (Å²) in [5, 5.41) is 11.9. The van der Waals surface area contributed by atoms with Gasteiger partial charge in [0.2, 0.25) is 5.91 Å². The lowest BCUT2D eigenvalue weighted by molar-refractivity contribution is -0.118. The van der Waals surface area contributed by atoms with Crippen molar-refractivity contribution >= 4 is 47.1 Å². The minimum absolute atomic E-state index is 0. The summed E-state index contributed by atoms with van der Waals surface area (Å²) in [5.74, 6) is 0.317. The fourth-order valence-electron chi connectivity index (χ4n) is 6.53. The normalized spacial score (nSPS) is 26.1. The molecule has 4 aromatic rings. The van der Waals surface area contributed by atoms with Crippen molar-refractivity contribution in [1.82, 2.24) is 15.1 Å². The monoisotopic (exact) mass is 540 g/mol. The summed E-state index contributed by atoms with van der Waals surface area (Å²) in [6, 6.07) is 23.3. The van der Waals surface area contributed by atoms with E-state index in [9.17, 15) is 4.79 Å². The van der Waals surface area contributed by atoms with Crippen molar-refractivity contribution in [2.75, 3.05) is 18.4 Å². The van der Waals surface area contributed by atoms with E-state index in [2.05, 4.69) is 94.9 Å². The van der Waals surface area contributed by atoms with Crippen molar-refractivity contribution < 1.29 is 9.53 Å². The largest absolute Gasteiger partial charge is 0.373 e. The number of para-hydroxylation sites is 1. The SMILES string of the molecule is C[C@@H]1CN(Cc2ccc(C=Cc3n[nH]c4cc([C@@H]5C[C@@]56C(=O)Nc5ccccc56)ccc34)cc2)C[C@H](C)O1.Cl. The van der Waals surface area contributed by atoms with Gasteiger partial charge in [-0.05, 0) is 60.7 Å². The summed E-state index contributed by atoms with van der Waals surface area (Å²) in [5.41, 5.74) is 7.23. The predicted octanol–water partition coefficient (Wildman–Crippen LogP) is 6.14. The molecule has 0 radical (unpaired) electrons. The van der Waals surface area contributed by atoms with Crippen LogP contribution < -0.4 is 5.32 Å². The van der Waals surface area contributed by atoms with Crippen LogP contribution >= 0.6 is 12.4 Å². The van der Waals surface area contributed by atoms with Crippen LogP contribution in [0.3, 0.4) is 0 Å². The van der Waals surface area contributed by atoms with Gasteiger partial charge >= 0.3 is 0 Å². The second kappa shape index (κ2) is 9.94. The number of ether oxygens (including phenoxy) is 1. The van der Waals surface area contributed by atoms with Gasteiger partial charge in [0.05, 0.1) is 28.8 Å². The first-order valence-electron chi connectivity index (χ1n) is 13.5. The minimum atomic E-state index is -0.419. The van der Waals surface area contributed by atoms with E-state index in [-0.39, 0.29) is 36.4 Å². The topological polar surface area (TPSA) is 70.2 Å². The molecule has 1 amide bonds. The zero-order chi connectivity index (χ0) is 25.9. The van der Waals surface area contributed by atoms with E-state index in [1.54, 1.807) is 0 Å². The molecule has 1 saturated carbocycles. The molecule has 0 bridgehead atoms. The van der Waals surface area contributed by atoms with Crippen LogP contribution in [0.4, 0.5) is 5.69 Å². The highest BCUT2D eigenvalue weighted by atomic mass is 35.5. The van der Waals surface area contributed by atoms with Gasteiger partial charge < -0.3 is 10.1 Å². The van der Waals surface area contributed by atoms with Crippen LogP contribution in [0.15, 0.2) is 66.7 Å². The number of rotatable bonds is 5. The Balaban J connectivity index is 0.00000277. The lowest BCUT2D eigenvalue weighted by Crippen LogP contribution is -2.44. The van der Waals surface area contributed by atoms with Crippen molar-refractivity contribution in [3.05, 3.63) is 94.7 Å². The van der Waals surface area contributed by atoms with Gasteiger partial charge in [-0.2, -0.15) is 5.10 Å². The maximum absolute atomic E-state index is 12.9. The highest BCUT2D eigenvalue weighted by molar-refractivity contribution is 6.09. The molecule has 6 nitrogen and oxygen atoms in total. The third kappa shape index (κ3) is 4.56. The van der Waals surface area contributed by atoms with Gasteiger partial charge in [-0.25, -0.2) is 0 Å². The number of aromatic amines is 1. The van der Waals surface area contributed by atoms with Crippen molar-refractivity contribution in [2.45, 2.75) is 50.4 Å². The van der Waals surface area contributed by atoms with Gasteiger partial charge in [0.25, 0.3) is 0 Å². The number of benzene rings is 3. The summed E-state index contributed by atoms with van der Waals surface area (Å²) in [6.45, 7) is 7.19. The number of fused-ring (bicyclic) bond motifs is 3. The van der Waals surface area contributed by atoms with E-state index in [0.29, 0.717) is 0 Å². The second-order valence-corrected chi connectivity index (χ2v) is 11.2. The minimum Gasteiger partial charge on any atom is -0.373 e. The molecule has 3 aliphatic rings. The third-order valence-corrected chi connectivity index (χ3v) is 8.36. The molecule has 2 aliphatic heterocycles. The van der Waals surface area contributed by atoms with Crippen LogP contribution in [0.1, 0.15) is 54.1 Å². The Morgan fingerprint density at radius 2 is 1.79 bits per heavy atom. The smallest absolute Gasteiger partial charge is 0.235 e. The fraction of sp³-hybridized carbons (Fsp3) is 0.312. The van der Waals surface area contributed by atoms with Gasteiger partial charge in [0.1, 0.15) is 0 Å². The Kier molecular flexibility index (Phi) is 6.58. The molecule has 2 N–H and O–H groups in total. The van der Waals surface area contributed by atoms with Crippen LogP contribution in [0.5, 0.6) is 0 Å². The summed E-state index contributed by atoms with van der Waals surface area (Å²) in [7, 11) is 0. The third-order valence-electron chi connectivity index (χ3n) is 8.36. The molecule has 7 heteroatoms. The molecule has 1 aromatic heterocycles. The zero-order valence-corrected chi connectivity index (χ0v) is 23.0. The van der Waals surface area contributed by atoms with E-state index >= 15 is 0 Å². The molecular weight excluding hydrogens is 508 g/mol. The molecule has 1 spiro atoms. The number of morpholine rings is 1. The first kappa shape index (κ1) is 25.8. The maximum atomic E-state index is 12.9. The molecule has 7 rings (SSSR count). The van der Waals surface area contributed by atoms with E-state index in [1.165, 1.54) is 11.1 Å². The molecule has 1 saturated heterocycles. The van der Waals surface area contributed by atoms with E-state index in [4.69, 9.17) is 4.74 Å². The zero-order valence-electron chi connectivity index (χ0n) is 22.2. The number of nitrogens with zero attached hydrogens (tertiary/aromatic N) is 2. The summed E-state index contributed by atoms with van der Waals surface area (Å²) >= 11 is 0. The van der Waals surface area contributed by atoms with E-state index in [0.717, 1.165) is 59.5 Å². The van der Waals surface area contributed by atoms with Crippen molar-refractivity contribution in [3.63, 3.8) is 0 Å². The van der Waals surface area contributed by atoms with Crippen LogP contribution in [-0.4, -0.2) is 46.3 Å². The number of halogens is 1. The molecule has 3 aromatic carbocycles. The number of carbonyl (C=O) groups is 1. The number of nitrogens with one attached hydrogen (secondary N) is 2. The fourth-order valence-corrected chi connectivity index (χ4v) is 6.53. The second-order valence-electron chi connectivity index (χ2n) is 11.2. The molecule has 3 heterocycles. The van der Waals surface area contributed by atoms with Crippen LogP contribution in [0.2, 0.25) is 0 Å². The molecule has 39 heavy (non-hydrogen) atoms. The van der Waals surface area contributed by atoms with Crippen LogP contribution in [0.25, 0.3) is 23.1 Å². The van der Waals surface area contributed by atoms with Crippen LogP contribution in [-0.2, 0) is 21.5 Å². The van der Waals surface area contributed by atoms with Gasteiger partial charge in [-0.3, -0.25) is 14.8 Å². The maximum Gasteiger partial charge on any atom is 0.235 e. The molecular formula is C32H33ClN4O2. The predicted molar refractivity (Wildman–Crippen MR) is 158 cm³/mol. The Bertz CT molecular complexity index is 1550. The van der Waals surface area contributed by atoms with Gasteiger partial charge in [0, 0.05) is 36.6 Å². The highest BCUT2D eigenvalue weighted by Crippen LogP contribution is 2.64. The first-order valence-corrected chi connectivity index (χ1v) is 13.5. The summed E-state index contributed by atoms with van der Waals surface area (Å²) in [6.07, 6.45) is 5.59. The number of anilines is 1. The average Bonchev–Trinajstić information content (AvgIpc) is 3.44. The molecule has 4 atom stereocenters. The van der Waals surface area contributed by atoms with Gasteiger partial charge in [-0.15, -0.1) is 12.4 Å². The molecule has 2 fully saturated rings. The van der Waals surface area contributed by atoms with Crippen molar-refractivity contribution in [2.24, 2.45) is 0 Å². The number of carbonyl (C=O) groups excluding carboxylic acids is 1. The summed E-state index contributed by atoms with van der Waals surface area (Å²) < 4.78 is 5.86. The molecule has 0 unspecified atom stereocenters. The number of hydrogen-bond donors (Lipinski definition) is 2. The number of hydrogen-bond acceptors (Lipinski definition) is 4. The standard InChI is InChI=1S/C32H32N4O2.ClH/c1-20-17-36(18-21(2)38-20)19-23-9-7-22(8-10-23)11-14-28-25-13-12-24(15-30(25)35-34-28)27-16-32(27)26-5-3-4-6-29(26)33-31(32)37;/h3-15,20-21,27H,16-19H2,1-2H3,(H,33,37)(H,34,35);1H/t20-,21+,27-,32-;/m0./s1. The highest BCUT2D eigenvalue weighted by Gasteiger charge is 2.65. The number of aromatic nitrogens is 2. The first-order chi connectivity index (χ1) is 18.5. The van der Waals surface area contributed by atoms with Gasteiger partial charge in [0.15, 0.2) is 0 Å². The Morgan fingerprint density at radius 3 is 2.59 bits per heavy atom. The average molecular weight is 541 g/mol. The number of H-pyrrole nitrogens is 1. The Morgan fingerprint density at radius 1 is 1.03 bits per heavy atom. The van der Waals surface area contributed by atoms with E-state index < -0.39 is 5.41 Å². The van der Waals surface area contributed by atoms with Gasteiger partial charge in [-0.1, -0.05) is 60.7 Å².